The van der Waals surface area contributed by atoms with Gasteiger partial charge in [-0.3, -0.25) is 4.79 Å². The normalized spacial score (nSPS) is 13.3. The highest BCUT2D eigenvalue weighted by atomic mass is 16.3. The van der Waals surface area contributed by atoms with Gasteiger partial charge in [0.15, 0.2) is 0 Å². The maximum absolute atomic E-state index is 12.5. The Morgan fingerprint density at radius 3 is 0.967 bits per heavy atom. The molecule has 358 valence electrons. The lowest BCUT2D eigenvalue weighted by Crippen LogP contribution is -2.50. The summed E-state index contributed by atoms with van der Waals surface area (Å²) in [4.78, 5) is 12.5. The van der Waals surface area contributed by atoms with Crippen LogP contribution in [0.5, 0.6) is 0 Å². The minimum absolute atomic E-state index is 0.147. The summed E-state index contributed by atoms with van der Waals surface area (Å²) in [6, 6.07) is -0.822. The van der Waals surface area contributed by atoms with Crippen molar-refractivity contribution in [1.82, 2.24) is 5.32 Å². The number of amides is 1. The van der Waals surface area contributed by atoms with Gasteiger partial charge in [0.05, 0.1) is 18.8 Å². The van der Waals surface area contributed by atoms with E-state index in [1.807, 2.05) is 0 Å². The molecule has 0 aliphatic carbocycles. The van der Waals surface area contributed by atoms with Gasteiger partial charge in [0, 0.05) is 6.42 Å². The van der Waals surface area contributed by atoms with E-state index in [2.05, 4.69) is 31.3 Å². The van der Waals surface area contributed by atoms with E-state index in [0.29, 0.717) is 12.8 Å². The minimum atomic E-state index is -1.16. The molecule has 0 heterocycles. The van der Waals surface area contributed by atoms with Crippen LogP contribution in [0.1, 0.15) is 309 Å². The number of unbranched alkanes of at least 4 members (excludes halogenated alkanes) is 41. The van der Waals surface area contributed by atoms with Gasteiger partial charge in [-0.2, -0.15) is 0 Å². The summed E-state index contributed by atoms with van der Waals surface area (Å²) < 4.78 is 0. The molecule has 0 fully saturated rings. The molecule has 0 aromatic heterocycles. The molecule has 0 bridgehead atoms. The van der Waals surface area contributed by atoms with Crippen LogP contribution in [0.15, 0.2) is 12.2 Å². The van der Waals surface area contributed by atoms with Crippen LogP contribution >= 0.6 is 0 Å². The van der Waals surface area contributed by atoms with E-state index >= 15 is 0 Å². The van der Waals surface area contributed by atoms with Crippen LogP contribution in [0.25, 0.3) is 0 Å². The number of carbonyl (C=O) groups is 1. The second-order valence-electron chi connectivity index (χ2n) is 19.1. The van der Waals surface area contributed by atoms with Gasteiger partial charge in [0.2, 0.25) is 5.91 Å². The van der Waals surface area contributed by atoms with Crippen molar-refractivity contribution in [2.24, 2.45) is 0 Å². The molecule has 0 aromatic carbocycles. The predicted octanol–water partition coefficient (Wildman–Crippen LogP) is 16.7. The summed E-state index contributed by atoms with van der Waals surface area (Å²) in [6.45, 7) is 4.21. The number of nitrogens with one attached hydrogen (secondary N) is 1. The van der Waals surface area contributed by atoms with Crippen molar-refractivity contribution < 1.29 is 20.1 Å². The average molecular weight is 848 g/mol. The molecule has 0 aliphatic heterocycles. The van der Waals surface area contributed by atoms with Crippen molar-refractivity contribution >= 4 is 5.91 Å². The molecule has 3 unspecified atom stereocenters. The van der Waals surface area contributed by atoms with E-state index < -0.39 is 18.2 Å². The van der Waals surface area contributed by atoms with Crippen LogP contribution in [0.3, 0.4) is 0 Å². The highest BCUT2D eigenvalue weighted by Crippen LogP contribution is 2.18. The highest BCUT2D eigenvalue weighted by Gasteiger charge is 2.26. The number of allylic oxidation sites excluding steroid dienone is 2. The Bertz CT molecular complexity index is 848. The fourth-order valence-corrected chi connectivity index (χ4v) is 8.87. The van der Waals surface area contributed by atoms with Crippen LogP contribution in [-0.4, -0.2) is 46.1 Å². The van der Waals surface area contributed by atoms with Crippen molar-refractivity contribution in [2.45, 2.75) is 327 Å². The summed E-state index contributed by atoms with van der Waals surface area (Å²) in [5, 5.41) is 33.7. The van der Waals surface area contributed by atoms with E-state index in [9.17, 15) is 20.1 Å². The first kappa shape index (κ1) is 59.1. The second-order valence-corrected chi connectivity index (χ2v) is 19.1. The zero-order valence-electron chi connectivity index (χ0n) is 40.9. The van der Waals surface area contributed by atoms with Gasteiger partial charge in [-0.05, 0) is 38.5 Å². The van der Waals surface area contributed by atoms with E-state index in [1.54, 1.807) is 0 Å². The van der Waals surface area contributed by atoms with Gasteiger partial charge >= 0.3 is 0 Å². The van der Waals surface area contributed by atoms with Crippen molar-refractivity contribution in [3.8, 4) is 0 Å². The zero-order valence-corrected chi connectivity index (χ0v) is 40.9. The lowest BCUT2D eigenvalue weighted by molar-refractivity contribution is -0.124. The molecule has 0 saturated heterocycles. The van der Waals surface area contributed by atoms with Gasteiger partial charge in [-0.15, -0.1) is 0 Å². The van der Waals surface area contributed by atoms with Crippen LogP contribution in [0, 0.1) is 0 Å². The molecular formula is C55H109NO4. The third kappa shape index (κ3) is 45.1. The third-order valence-electron chi connectivity index (χ3n) is 13.1. The molecule has 0 aliphatic rings. The lowest BCUT2D eigenvalue weighted by Gasteiger charge is -2.26. The Hall–Kier alpha value is -0.910. The number of rotatable bonds is 51. The Morgan fingerprint density at radius 1 is 0.400 bits per heavy atom. The molecule has 0 aromatic rings. The maximum Gasteiger partial charge on any atom is 0.220 e. The Balaban J connectivity index is 3.53. The second kappa shape index (κ2) is 50.7. The number of hydrogen-bond acceptors (Lipinski definition) is 4. The molecule has 0 saturated carbocycles. The third-order valence-corrected chi connectivity index (χ3v) is 13.1. The van der Waals surface area contributed by atoms with E-state index in [4.69, 9.17) is 0 Å². The highest BCUT2D eigenvalue weighted by molar-refractivity contribution is 5.76. The first-order valence-electron chi connectivity index (χ1n) is 27.5. The SMILES string of the molecule is CCCCCCCCCCCCCCCC/C=C/CCCC(O)C(O)C(CO)NC(=O)CCCCCCCCCCCCCCCCCCCCCCCCCCCCC. The standard InChI is InChI=1S/C55H109NO4/c1-3-5-7-9-11-13-15-17-19-21-23-24-25-26-27-28-29-30-32-34-36-38-40-42-44-46-48-50-54(59)56-52(51-57)55(60)53(58)49-47-45-43-41-39-37-35-33-31-22-20-18-16-14-12-10-8-6-4-2/h41,43,52-53,55,57-58,60H,3-40,42,44-51H2,1-2H3,(H,56,59)/b43-41+. The quantitative estimate of drug-likeness (QED) is 0.0363. The van der Waals surface area contributed by atoms with Crippen LogP contribution < -0.4 is 5.32 Å². The summed E-state index contributed by atoms with van der Waals surface area (Å²) >= 11 is 0. The smallest absolute Gasteiger partial charge is 0.220 e. The van der Waals surface area contributed by atoms with Crippen molar-refractivity contribution in [1.29, 1.82) is 0 Å². The van der Waals surface area contributed by atoms with Crippen molar-refractivity contribution in [2.75, 3.05) is 6.61 Å². The van der Waals surface area contributed by atoms with Crippen molar-refractivity contribution in [3.05, 3.63) is 12.2 Å². The summed E-state index contributed by atoms with van der Waals surface area (Å²) in [6.07, 6.45) is 62.2. The number of hydrogen-bond donors (Lipinski definition) is 4. The Labute approximate surface area is 376 Å². The molecule has 60 heavy (non-hydrogen) atoms. The molecule has 0 radical (unpaired) electrons. The molecule has 5 heteroatoms. The number of aliphatic hydroxyl groups excluding tert-OH is 3. The molecule has 0 rings (SSSR count). The molecular weight excluding hydrogens is 739 g/mol. The van der Waals surface area contributed by atoms with E-state index in [1.165, 1.54) is 244 Å². The van der Waals surface area contributed by atoms with Gasteiger partial charge in [-0.25, -0.2) is 0 Å². The van der Waals surface area contributed by atoms with Gasteiger partial charge in [0.25, 0.3) is 0 Å². The monoisotopic (exact) mass is 848 g/mol. The summed E-state index contributed by atoms with van der Waals surface area (Å²) in [7, 11) is 0. The average Bonchev–Trinajstić information content (AvgIpc) is 3.25. The van der Waals surface area contributed by atoms with Crippen molar-refractivity contribution in [3.63, 3.8) is 0 Å². The zero-order chi connectivity index (χ0) is 43.7. The fraction of sp³-hybridized carbons (Fsp3) is 0.945. The van der Waals surface area contributed by atoms with Gasteiger partial charge in [0.1, 0.15) is 6.10 Å². The van der Waals surface area contributed by atoms with Gasteiger partial charge in [-0.1, -0.05) is 276 Å². The van der Waals surface area contributed by atoms with E-state index in [0.717, 1.165) is 38.5 Å². The maximum atomic E-state index is 12.5. The molecule has 0 spiro atoms. The molecule has 1 amide bonds. The largest absolute Gasteiger partial charge is 0.394 e. The fourth-order valence-electron chi connectivity index (χ4n) is 8.87. The lowest BCUT2D eigenvalue weighted by atomic mass is 10.0. The predicted molar refractivity (Wildman–Crippen MR) is 264 cm³/mol. The first-order valence-corrected chi connectivity index (χ1v) is 27.5. The number of aliphatic hydroxyl groups is 3. The van der Waals surface area contributed by atoms with Gasteiger partial charge < -0.3 is 20.6 Å². The van der Waals surface area contributed by atoms with Crippen LogP contribution in [0.4, 0.5) is 0 Å². The Kier molecular flexibility index (Phi) is 50.0. The Morgan fingerprint density at radius 2 is 0.667 bits per heavy atom. The van der Waals surface area contributed by atoms with E-state index in [-0.39, 0.29) is 12.5 Å². The van der Waals surface area contributed by atoms with Crippen LogP contribution in [0.2, 0.25) is 0 Å². The molecule has 5 nitrogen and oxygen atoms in total. The van der Waals surface area contributed by atoms with Crippen LogP contribution in [-0.2, 0) is 4.79 Å². The topological polar surface area (TPSA) is 89.8 Å². The minimum Gasteiger partial charge on any atom is -0.394 e. The number of carbonyl (C=O) groups excluding carboxylic acids is 1. The summed E-state index contributed by atoms with van der Waals surface area (Å²) in [5.74, 6) is -0.147. The summed E-state index contributed by atoms with van der Waals surface area (Å²) in [5.41, 5.74) is 0. The first-order chi connectivity index (χ1) is 29.6. The molecule has 3 atom stereocenters. The molecule has 4 N–H and O–H groups in total.